The van der Waals surface area contributed by atoms with E-state index in [2.05, 4.69) is 4.98 Å². The fraction of sp³-hybridized carbons (Fsp3) is 0.333. The maximum Gasteiger partial charge on any atom is 0.279 e. The number of pyridine rings is 1. The second-order valence-corrected chi connectivity index (χ2v) is 8.49. The van der Waals surface area contributed by atoms with Crippen LogP contribution in [0.2, 0.25) is 0 Å². The number of carbonyl (C=O) groups is 1. The van der Waals surface area contributed by atoms with Gasteiger partial charge in [-0.15, -0.1) is 0 Å². The Morgan fingerprint density at radius 1 is 1.32 bits per heavy atom. The van der Waals surface area contributed by atoms with Gasteiger partial charge in [0, 0.05) is 24.6 Å². The third kappa shape index (κ3) is 3.99. The smallest absolute Gasteiger partial charge is 0.279 e. The average Bonchev–Trinajstić information content (AvgIpc) is 2.73. The Balaban J connectivity index is 1.78. The van der Waals surface area contributed by atoms with E-state index in [0.717, 1.165) is 5.56 Å². The quantitative estimate of drug-likeness (QED) is 0.463. The van der Waals surface area contributed by atoms with Gasteiger partial charge < -0.3 is 14.6 Å². The molecule has 0 saturated carbocycles. The van der Waals surface area contributed by atoms with E-state index in [0.29, 0.717) is 5.75 Å². The Bertz CT molecular complexity index is 919. The zero-order valence-corrected chi connectivity index (χ0v) is 15.6. The van der Waals surface area contributed by atoms with Crippen molar-refractivity contribution in [3.05, 3.63) is 54.4 Å². The third-order valence-corrected chi connectivity index (χ3v) is 6.83. The highest BCUT2D eigenvalue weighted by Gasteiger charge is 2.53. The molecule has 1 aliphatic rings. The lowest BCUT2D eigenvalue weighted by Gasteiger charge is -2.36. The number of ether oxygens (including phenoxy) is 2. The summed E-state index contributed by atoms with van der Waals surface area (Å²) in [7, 11) is -4.08. The van der Waals surface area contributed by atoms with Crippen molar-refractivity contribution in [1.29, 1.82) is 0 Å². The van der Waals surface area contributed by atoms with Gasteiger partial charge in [-0.3, -0.25) is 15.0 Å². The number of sulfone groups is 1. The molecule has 1 amide bonds. The molecule has 150 valence electrons. The number of nitrogens with one attached hydrogen (secondary N) is 1. The van der Waals surface area contributed by atoms with Crippen LogP contribution in [0.25, 0.3) is 0 Å². The van der Waals surface area contributed by atoms with E-state index in [1.165, 1.54) is 29.7 Å². The van der Waals surface area contributed by atoms with E-state index < -0.39 is 33.2 Å². The fourth-order valence-electron chi connectivity index (χ4n) is 3.01. The van der Waals surface area contributed by atoms with Crippen LogP contribution in [0, 0.1) is 0 Å². The minimum Gasteiger partial charge on any atom is -0.489 e. The SMILES string of the molecule is O=C(NO)C1(O)COCCC1S(=O)(=O)c1ccc(OCc2cccnc2)cc1. The molecule has 0 spiro atoms. The van der Waals surface area contributed by atoms with Gasteiger partial charge in [-0.2, -0.15) is 0 Å². The second-order valence-electron chi connectivity index (χ2n) is 6.36. The number of hydroxylamine groups is 1. The van der Waals surface area contributed by atoms with E-state index in [-0.39, 0.29) is 24.5 Å². The average molecular weight is 408 g/mol. The highest BCUT2D eigenvalue weighted by atomic mass is 32.2. The van der Waals surface area contributed by atoms with E-state index in [4.69, 9.17) is 14.7 Å². The van der Waals surface area contributed by atoms with Gasteiger partial charge >= 0.3 is 0 Å². The van der Waals surface area contributed by atoms with E-state index in [9.17, 15) is 18.3 Å². The van der Waals surface area contributed by atoms with Gasteiger partial charge in [0.05, 0.1) is 11.5 Å². The first-order valence-corrected chi connectivity index (χ1v) is 10.0. The number of nitrogens with zero attached hydrogens (tertiary/aromatic N) is 1. The minimum atomic E-state index is -4.08. The van der Waals surface area contributed by atoms with Crippen LogP contribution in [-0.2, 0) is 26.0 Å². The summed E-state index contributed by atoms with van der Waals surface area (Å²) < 4.78 is 36.6. The van der Waals surface area contributed by atoms with Crippen LogP contribution >= 0.6 is 0 Å². The molecule has 2 aromatic rings. The number of amides is 1. The van der Waals surface area contributed by atoms with Crippen molar-refractivity contribution in [1.82, 2.24) is 10.5 Å². The van der Waals surface area contributed by atoms with Gasteiger partial charge in [-0.05, 0) is 36.8 Å². The third-order valence-electron chi connectivity index (χ3n) is 4.53. The highest BCUT2D eigenvalue weighted by Crippen LogP contribution is 2.31. The van der Waals surface area contributed by atoms with Crippen molar-refractivity contribution < 1.29 is 33.0 Å². The Morgan fingerprint density at radius 3 is 2.71 bits per heavy atom. The maximum absolute atomic E-state index is 13.0. The Kier molecular flexibility index (Phi) is 5.94. The van der Waals surface area contributed by atoms with Gasteiger partial charge in [0.1, 0.15) is 17.6 Å². The van der Waals surface area contributed by atoms with Crippen LogP contribution in [-0.4, -0.2) is 53.7 Å². The van der Waals surface area contributed by atoms with E-state index in [1.807, 2.05) is 6.07 Å². The van der Waals surface area contributed by atoms with Crippen molar-refractivity contribution in [2.75, 3.05) is 13.2 Å². The molecule has 28 heavy (non-hydrogen) atoms. The van der Waals surface area contributed by atoms with Gasteiger partial charge in [0.15, 0.2) is 15.4 Å². The number of rotatable bonds is 6. The van der Waals surface area contributed by atoms with E-state index >= 15 is 0 Å². The molecule has 0 bridgehead atoms. The maximum atomic E-state index is 13.0. The molecule has 0 radical (unpaired) electrons. The molecular formula is C18H20N2O7S. The summed E-state index contributed by atoms with van der Waals surface area (Å²) in [6, 6.07) is 9.32. The van der Waals surface area contributed by atoms with Crippen molar-refractivity contribution in [2.45, 2.75) is 28.8 Å². The number of aliphatic hydroxyl groups is 1. The topological polar surface area (TPSA) is 135 Å². The lowest BCUT2D eigenvalue weighted by atomic mass is 9.95. The Hall–Kier alpha value is -2.53. The van der Waals surface area contributed by atoms with Gasteiger partial charge in [0.25, 0.3) is 5.91 Å². The summed E-state index contributed by atoms with van der Waals surface area (Å²) in [5.74, 6) is -0.768. The van der Waals surface area contributed by atoms with Crippen molar-refractivity contribution in [3.63, 3.8) is 0 Å². The van der Waals surface area contributed by atoms with Crippen molar-refractivity contribution in [2.24, 2.45) is 0 Å². The molecule has 1 aliphatic heterocycles. The largest absolute Gasteiger partial charge is 0.489 e. The number of benzene rings is 1. The molecule has 3 rings (SSSR count). The first-order valence-electron chi connectivity index (χ1n) is 8.48. The Morgan fingerprint density at radius 2 is 2.07 bits per heavy atom. The van der Waals surface area contributed by atoms with Crippen LogP contribution in [0.15, 0.2) is 53.7 Å². The molecule has 9 nitrogen and oxygen atoms in total. The predicted molar refractivity (Wildman–Crippen MR) is 96.3 cm³/mol. The van der Waals surface area contributed by atoms with Gasteiger partial charge in [-0.1, -0.05) is 6.07 Å². The lowest BCUT2D eigenvalue weighted by molar-refractivity contribution is -0.161. The molecule has 0 aliphatic carbocycles. The normalized spacial score (nSPS) is 22.4. The zero-order chi connectivity index (χ0) is 20.2. The van der Waals surface area contributed by atoms with Crippen molar-refractivity contribution >= 4 is 15.7 Å². The molecule has 10 heteroatoms. The van der Waals surface area contributed by atoms with Gasteiger partial charge in [-0.25, -0.2) is 13.9 Å². The molecule has 3 N–H and O–H groups in total. The molecule has 1 fully saturated rings. The van der Waals surface area contributed by atoms with Gasteiger partial charge in [0.2, 0.25) is 0 Å². The lowest BCUT2D eigenvalue weighted by Crippen LogP contribution is -2.62. The summed E-state index contributed by atoms with van der Waals surface area (Å²) in [5, 5.41) is 18.0. The number of aromatic nitrogens is 1. The summed E-state index contributed by atoms with van der Waals surface area (Å²) in [6.07, 6.45) is 3.22. The number of hydrogen-bond donors (Lipinski definition) is 3. The molecular weight excluding hydrogens is 388 g/mol. The first kappa shape index (κ1) is 20.2. The minimum absolute atomic E-state index is 0.0667. The fourth-order valence-corrected chi connectivity index (χ4v) is 4.95. The van der Waals surface area contributed by atoms with Crippen LogP contribution in [0.1, 0.15) is 12.0 Å². The molecule has 1 aromatic carbocycles. The first-order chi connectivity index (χ1) is 13.4. The van der Waals surface area contributed by atoms with E-state index in [1.54, 1.807) is 18.5 Å². The zero-order valence-electron chi connectivity index (χ0n) is 14.8. The van der Waals surface area contributed by atoms with Crippen LogP contribution < -0.4 is 10.2 Å². The number of hydrogen-bond acceptors (Lipinski definition) is 8. The molecule has 2 atom stereocenters. The predicted octanol–water partition coefficient (Wildman–Crippen LogP) is 0.460. The highest BCUT2D eigenvalue weighted by molar-refractivity contribution is 7.92. The molecule has 2 unspecified atom stereocenters. The summed E-state index contributed by atoms with van der Waals surface area (Å²) in [4.78, 5) is 15.8. The Labute approximate surface area is 161 Å². The van der Waals surface area contributed by atoms with Crippen LogP contribution in [0.4, 0.5) is 0 Å². The summed E-state index contributed by atoms with van der Waals surface area (Å²) >= 11 is 0. The van der Waals surface area contributed by atoms with Crippen LogP contribution in [0.5, 0.6) is 5.75 Å². The van der Waals surface area contributed by atoms with Crippen molar-refractivity contribution in [3.8, 4) is 5.75 Å². The summed E-state index contributed by atoms with van der Waals surface area (Å²) in [6.45, 7) is -0.191. The molecule has 1 aromatic heterocycles. The second kappa shape index (κ2) is 8.23. The monoisotopic (exact) mass is 408 g/mol. The standard InChI is InChI=1S/C18H20N2O7S/c21-17(20-23)18(22)12-26-9-7-16(18)28(24,25)15-5-3-14(4-6-15)27-11-13-2-1-8-19-10-13/h1-6,8,10,16,22-23H,7,9,11-12H2,(H,20,21). The van der Waals surface area contributed by atoms with Crippen LogP contribution in [0.3, 0.4) is 0 Å². The molecule has 1 saturated heterocycles. The number of carbonyl (C=O) groups excluding carboxylic acids is 1. The summed E-state index contributed by atoms with van der Waals surface area (Å²) in [5.41, 5.74) is -0.213. The molecule has 2 heterocycles.